The summed E-state index contributed by atoms with van der Waals surface area (Å²) in [5, 5.41) is 0. The van der Waals surface area contributed by atoms with Gasteiger partial charge in [-0.3, -0.25) is 0 Å². The summed E-state index contributed by atoms with van der Waals surface area (Å²) >= 11 is 1.10. The first-order valence-electron chi connectivity index (χ1n) is 9.11. The minimum absolute atomic E-state index is 0.550. The van der Waals surface area contributed by atoms with Crippen molar-refractivity contribution in [3.8, 4) is 0 Å². The molecule has 0 aromatic rings. The van der Waals surface area contributed by atoms with Crippen LogP contribution in [0.3, 0.4) is 0 Å². The van der Waals surface area contributed by atoms with Crippen LogP contribution in [0.2, 0.25) is 0 Å². The highest BCUT2D eigenvalue weighted by Crippen LogP contribution is 2.11. The van der Waals surface area contributed by atoms with E-state index in [4.69, 9.17) is 0 Å². The van der Waals surface area contributed by atoms with Crippen molar-refractivity contribution in [2.75, 3.05) is 0 Å². The molecule has 0 bridgehead atoms. The summed E-state index contributed by atoms with van der Waals surface area (Å²) in [5.41, 5.74) is 0. The summed E-state index contributed by atoms with van der Waals surface area (Å²) in [6, 6.07) is 0. The number of hydrogen-bond donors (Lipinski definition) is 0. The van der Waals surface area contributed by atoms with Gasteiger partial charge in [0.25, 0.3) is 0 Å². The van der Waals surface area contributed by atoms with Gasteiger partial charge in [-0.25, -0.2) is 8.42 Å². The lowest BCUT2D eigenvalue weighted by Gasteiger charge is -2.05. The largest absolute Gasteiger partial charge is 0.212 e. The van der Waals surface area contributed by atoms with Crippen LogP contribution in [0.15, 0.2) is 0 Å². The molecule has 0 saturated heterocycles. The smallest absolute Gasteiger partial charge is 0.0933 e. The summed E-state index contributed by atoms with van der Waals surface area (Å²) < 4.78 is 22.5. The van der Waals surface area contributed by atoms with E-state index in [1.165, 1.54) is 64.2 Å². The fourth-order valence-electron chi connectivity index (χ4n) is 2.59. The average molecular weight is 347 g/mol. The molecule has 0 aliphatic heterocycles. The molecule has 0 atom stereocenters. The van der Waals surface area contributed by atoms with Gasteiger partial charge >= 0.3 is 0 Å². The first kappa shape index (κ1) is 21.8. The first-order chi connectivity index (χ1) is 10.8. The molecule has 0 aliphatic rings. The maximum Gasteiger partial charge on any atom is 0.0933 e. The molecule has 0 N–H and O–H groups in total. The maximum absolute atomic E-state index is 11.3. The van der Waals surface area contributed by atoms with Crippen molar-refractivity contribution in [2.24, 2.45) is 0 Å². The fraction of sp³-hybridized carbons (Fsp3) is 0.889. The van der Waals surface area contributed by atoms with Crippen molar-refractivity contribution >= 4 is 32.2 Å². The highest BCUT2D eigenvalue weighted by molar-refractivity contribution is 7.76. The van der Waals surface area contributed by atoms with Crippen LogP contribution in [0.1, 0.15) is 104 Å². The Hall–Kier alpha value is -0.220. The SMILES string of the molecule is CCCCCCCCCC(=S=O)C(CCCCCCC)=S=O. The van der Waals surface area contributed by atoms with Gasteiger partial charge in [0.1, 0.15) is 0 Å². The molecule has 0 amide bonds. The fourth-order valence-corrected chi connectivity index (χ4v) is 3.64. The first-order valence-corrected chi connectivity index (χ1v) is 10.6. The third-order valence-electron chi connectivity index (χ3n) is 4.03. The van der Waals surface area contributed by atoms with Crippen molar-refractivity contribution in [1.29, 1.82) is 0 Å². The van der Waals surface area contributed by atoms with E-state index in [-0.39, 0.29) is 0 Å². The molecular formula is C18H34O2S2. The Morgan fingerprint density at radius 3 is 1.18 bits per heavy atom. The minimum atomic E-state index is 0.550. The van der Waals surface area contributed by atoms with E-state index >= 15 is 0 Å². The van der Waals surface area contributed by atoms with Crippen molar-refractivity contribution < 1.29 is 8.42 Å². The van der Waals surface area contributed by atoms with Gasteiger partial charge in [0.15, 0.2) is 0 Å². The average Bonchev–Trinajstić information content (AvgIpc) is 2.54. The Labute approximate surface area is 144 Å². The zero-order chi connectivity index (χ0) is 16.5. The van der Waals surface area contributed by atoms with Crippen LogP contribution in [0.25, 0.3) is 0 Å². The Morgan fingerprint density at radius 1 is 0.545 bits per heavy atom. The molecule has 0 fully saturated rings. The van der Waals surface area contributed by atoms with Crippen molar-refractivity contribution in [2.45, 2.75) is 104 Å². The highest BCUT2D eigenvalue weighted by atomic mass is 32.1. The Kier molecular flexibility index (Phi) is 17.0. The summed E-state index contributed by atoms with van der Waals surface area (Å²) in [6.07, 6.45) is 16.3. The zero-order valence-electron chi connectivity index (χ0n) is 14.5. The van der Waals surface area contributed by atoms with Crippen LogP contribution in [-0.2, 0) is 22.5 Å². The van der Waals surface area contributed by atoms with E-state index in [0.717, 1.165) is 35.4 Å². The second-order valence-electron chi connectivity index (χ2n) is 6.05. The Balaban J connectivity index is 3.90. The third kappa shape index (κ3) is 12.3. The van der Waals surface area contributed by atoms with Gasteiger partial charge in [-0.1, -0.05) is 78.1 Å². The van der Waals surface area contributed by atoms with E-state index < -0.39 is 0 Å². The van der Waals surface area contributed by atoms with Crippen molar-refractivity contribution in [1.82, 2.24) is 0 Å². The quantitative estimate of drug-likeness (QED) is 0.299. The molecule has 0 radical (unpaired) electrons. The predicted molar refractivity (Wildman–Crippen MR) is 102 cm³/mol. The number of rotatable bonds is 15. The topological polar surface area (TPSA) is 34.1 Å². The molecule has 2 nitrogen and oxygen atoms in total. The van der Waals surface area contributed by atoms with Crippen molar-refractivity contribution in [3.63, 3.8) is 0 Å². The lowest BCUT2D eigenvalue weighted by Crippen LogP contribution is -2.14. The van der Waals surface area contributed by atoms with Crippen LogP contribution in [-0.4, -0.2) is 18.1 Å². The summed E-state index contributed by atoms with van der Waals surface area (Å²) in [6.45, 7) is 4.43. The standard InChI is InChI=1S/C18H34O2S2/c1-3-5-7-9-10-12-14-16-18(22-20)17(21-19)15-13-11-8-6-4-2/h3-16H2,1-2H3. The molecular weight excluding hydrogens is 312 g/mol. The van der Waals surface area contributed by atoms with Crippen LogP contribution >= 0.6 is 0 Å². The molecule has 130 valence electrons. The monoisotopic (exact) mass is 346 g/mol. The van der Waals surface area contributed by atoms with Crippen molar-refractivity contribution in [3.05, 3.63) is 0 Å². The molecule has 0 unspecified atom stereocenters. The lowest BCUT2D eigenvalue weighted by atomic mass is 10.0. The van der Waals surface area contributed by atoms with Crippen LogP contribution < -0.4 is 0 Å². The molecule has 4 heteroatoms. The molecule has 0 saturated carbocycles. The van der Waals surface area contributed by atoms with Gasteiger partial charge < -0.3 is 0 Å². The number of unbranched alkanes of at least 4 members (excludes halogenated alkanes) is 10. The molecule has 0 spiro atoms. The van der Waals surface area contributed by atoms with E-state index in [1.807, 2.05) is 0 Å². The van der Waals surface area contributed by atoms with Gasteiger partial charge in [-0.05, 0) is 25.7 Å². The Bertz CT molecular complexity index is 367. The normalized spacial score (nSPS) is 10.5. The molecule has 22 heavy (non-hydrogen) atoms. The van der Waals surface area contributed by atoms with Gasteiger partial charge in [-0.2, -0.15) is 0 Å². The number of hydrogen-bond acceptors (Lipinski definition) is 2. The van der Waals surface area contributed by atoms with E-state index in [1.54, 1.807) is 0 Å². The summed E-state index contributed by atoms with van der Waals surface area (Å²) in [4.78, 5) is 1.62. The van der Waals surface area contributed by atoms with E-state index in [9.17, 15) is 8.42 Å². The van der Waals surface area contributed by atoms with Gasteiger partial charge in [0.05, 0.1) is 32.2 Å². The maximum atomic E-state index is 11.3. The predicted octanol–water partition coefficient (Wildman–Crippen LogP) is 5.26. The highest BCUT2D eigenvalue weighted by Gasteiger charge is 2.08. The van der Waals surface area contributed by atoms with Gasteiger partial charge in [0, 0.05) is 0 Å². The molecule has 0 heterocycles. The van der Waals surface area contributed by atoms with Crippen LogP contribution in [0.4, 0.5) is 0 Å². The van der Waals surface area contributed by atoms with Gasteiger partial charge in [0.2, 0.25) is 0 Å². The molecule has 0 aliphatic carbocycles. The second-order valence-corrected chi connectivity index (χ2v) is 7.37. The molecule has 0 aromatic heterocycles. The van der Waals surface area contributed by atoms with E-state index in [0.29, 0.717) is 22.5 Å². The Morgan fingerprint density at radius 2 is 0.864 bits per heavy atom. The lowest BCUT2D eigenvalue weighted by molar-refractivity contribution is 0.596. The van der Waals surface area contributed by atoms with Crippen LogP contribution in [0.5, 0.6) is 0 Å². The molecule has 0 aromatic carbocycles. The summed E-state index contributed by atoms with van der Waals surface area (Å²) in [5.74, 6) is 0. The third-order valence-corrected chi connectivity index (χ3v) is 5.46. The summed E-state index contributed by atoms with van der Waals surface area (Å²) in [7, 11) is 0. The zero-order valence-corrected chi connectivity index (χ0v) is 16.2. The molecule has 0 rings (SSSR count). The second kappa shape index (κ2) is 17.1. The minimum Gasteiger partial charge on any atom is -0.212 e. The van der Waals surface area contributed by atoms with Crippen LogP contribution in [0, 0.1) is 0 Å². The van der Waals surface area contributed by atoms with Gasteiger partial charge in [-0.15, -0.1) is 0 Å². The van der Waals surface area contributed by atoms with E-state index in [2.05, 4.69) is 13.8 Å².